The average molecular weight is 332 g/mol. The lowest BCUT2D eigenvalue weighted by atomic mass is 10.0. The van der Waals surface area contributed by atoms with Crippen LogP contribution < -0.4 is 5.32 Å². The van der Waals surface area contributed by atoms with Crippen molar-refractivity contribution in [2.24, 2.45) is 0 Å². The average Bonchev–Trinajstić information content (AvgIpc) is 3.03. The minimum absolute atomic E-state index is 0.247. The zero-order valence-electron chi connectivity index (χ0n) is 13.6. The lowest BCUT2D eigenvalue weighted by Crippen LogP contribution is -2.30. The number of hydrogen-bond donors (Lipinski definition) is 2. The van der Waals surface area contributed by atoms with E-state index in [1.54, 1.807) is 12.1 Å². The largest absolute Gasteiger partial charge is 0.366 e. The van der Waals surface area contributed by atoms with Crippen molar-refractivity contribution in [1.82, 2.24) is 14.9 Å². The van der Waals surface area contributed by atoms with Gasteiger partial charge in [-0.15, -0.1) is 0 Å². The van der Waals surface area contributed by atoms with Crippen LogP contribution in [0.4, 0.5) is 5.95 Å². The summed E-state index contributed by atoms with van der Waals surface area (Å²) in [5, 5.41) is 2.78. The van der Waals surface area contributed by atoms with Crippen LogP contribution >= 0.6 is 0 Å². The molecule has 0 saturated heterocycles. The number of nitrogens with one attached hydrogen (secondary N) is 2. The molecular weight excluding hydrogens is 316 g/mol. The van der Waals surface area contributed by atoms with Crippen LogP contribution in [-0.4, -0.2) is 34.1 Å². The van der Waals surface area contributed by atoms with Crippen molar-refractivity contribution in [3.8, 4) is 0 Å². The number of rotatable bonds is 3. The summed E-state index contributed by atoms with van der Waals surface area (Å²) in [6, 6.07) is 13.3. The Morgan fingerprint density at radius 3 is 2.92 bits per heavy atom. The molecule has 0 bridgehead atoms. The standard InChI is InChI=1S/C19H16N4O2/c1-23-10-13-6-3-2-5-12(13)9-16(23)18(25)22-19-20-15-8-4-7-14(11-24)17(15)21-19/h2-9,11H,10H2,1H3,(H2,20,21,22,25). The van der Waals surface area contributed by atoms with Crippen molar-refractivity contribution in [3.05, 3.63) is 64.9 Å². The van der Waals surface area contributed by atoms with E-state index in [1.165, 1.54) is 5.56 Å². The van der Waals surface area contributed by atoms with Crippen molar-refractivity contribution in [2.45, 2.75) is 6.54 Å². The molecule has 1 aromatic heterocycles. The van der Waals surface area contributed by atoms with Gasteiger partial charge in [0.05, 0.1) is 5.52 Å². The summed E-state index contributed by atoms with van der Waals surface area (Å²) in [5.74, 6) is 0.0752. The number of anilines is 1. The van der Waals surface area contributed by atoms with E-state index < -0.39 is 0 Å². The van der Waals surface area contributed by atoms with Gasteiger partial charge in [-0.3, -0.25) is 14.9 Å². The van der Waals surface area contributed by atoms with Gasteiger partial charge in [-0.1, -0.05) is 30.3 Å². The maximum atomic E-state index is 12.7. The molecule has 2 N–H and O–H groups in total. The van der Waals surface area contributed by atoms with Gasteiger partial charge in [0.2, 0.25) is 5.95 Å². The molecule has 124 valence electrons. The second-order valence-corrected chi connectivity index (χ2v) is 5.99. The van der Waals surface area contributed by atoms with Crippen LogP contribution in [0, 0.1) is 0 Å². The maximum absolute atomic E-state index is 12.7. The second-order valence-electron chi connectivity index (χ2n) is 5.99. The fraction of sp³-hybridized carbons (Fsp3) is 0.105. The summed E-state index contributed by atoms with van der Waals surface area (Å²) < 4.78 is 0. The Bertz CT molecular complexity index is 1020. The molecule has 4 rings (SSSR count). The number of benzene rings is 2. The summed E-state index contributed by atoms with van der Waals surface area (Å²) in [6.07, 6.45) is 2.62. The van der Waals surface area contributed by atoms with Crippen LogP contribution in [0.2, 0.25) is 0 Å². The lowest BCUT2D eigenvalue weighted by Gasteiger charge is -2.27. The molecule has 0 aliphatic carbocycles. The quantitative estimate of drug-likeness (QED) is 0.723. The van der Waals surface area contributed by atoms with Gasteiger partial charge in [0.25, 0.3) is 5.91 Å². The molecule has 0 radical (unpaired) electrons. The first-order valence-electron chi connectivity index (χ1n) is 7.92. The van der Waals surface area contributed by atoms with E-state index in [1.807, 2.05) is 42.3 Å². The van der Waals surface area contributed by atoms with Gasteiger partial charge < -0.3 is 9.88 Å². The van der Waals surface area contributed by atoms with E-state index in [2.05, 4.69) is 21.4 Å². The predicted octanol–water partition coefficient (Wildman–Crippen LogP) is 2.80. The van der Waals surface area contributed by atoms with Crippen LogP contribution in [0.25, 0.3) is 17.1 Å². The Morgan fingerprint density at radius 2 is 2.08 bits per heavy atom. The molecule has 0 unspecified atom stereocenters. The number of aromatic amines is 1. The number of hydrogen-bond acceptors (Lipinski definition) is 4. The second kappa shape index (κ2) is 5.90. The molecule has 2 aromatic carbocycles. The Morgan fingerprint density at radius 1 is 1.24 bits per heavy atom. The van der Waals surface area contributed by atoms with Gasteiger partial charge in [0.15, 0.2) is 6.29 Å². The van der Waals surface area contributed by atoms with Gasteiger partial charge in [0.1, 0.15) is 11.2 Å². The van der Waals surface area contributed by atoms with Gasteiger partial charge in [-0.25, -0.2) is 4.98 Å². The highest BCUT2D eigenvalue weighted by Crippen LogP contribution is 2.24. The summed E-state index contributed by atoms with van der Waals surface area (Å²) in [4.78, 5) is 33.0. The Hall–Kier alpha value is -3.41. The van der Waals surface area contributed by atoms with Crippen molar-refractivity contribution in [1.29, 1.82) is 0 Å². The van der Waals surface area contributed by atoms with E-state index >= 15 is 0 Å². The maximum Gasteiger partial charge on any atom is 0.274 e. The number of amides is 1. The van der Waals surface area contributed by atoms with Crippen LogP contribution in [0.3, 0.4) is 0 Å². The third-order valence-corrected chi connectivity index (χ3v) is 4.30. The molecule has 0 spiro atoms. The van der Waals surface area contributed by atoms with Crippen LogP contribution in [0.15, 0.2) is 48.2 Å². The number of aldehydes is 1. The summed E-state index contributed by atoms with van der Waals surface area (Å²) in [6.45, 7) is 0.671. The number of aromatic nitrogens is 2. The van der Waals surface area contributed by atoms with Gasteiger partial charge in [-0.05, 0) is 29.3 Å². The fourth-order valence-electron chi connectivity index (χ4n) is 3.04. The van der Waals surface area contributed by atoms with Crippen LogP contribution in [0.5, 0.6) is 0 Å². The van der Waals surface area contributed by atoms with Crippen LogP contribution in [0.1, 0.15) is 21.5 Å². The highest BCUT2D eigenvalue weighted by Gasteiger charge is 2.21. The number of para-hydroxylation sites is 1. The minimum Gasteiger partial charge on any atom is -0.366 e. The molecule has 6 heteroatoms. The molecule has 0 atom stereocenters. The molecule has 3 aromatic rings. The highest BCUT2D eigenvalue weighted by atomic mass is 16.2. The Labute approximate surface area is 144 Å². The molecule has 0 fully saturated rings. The number of H-pyrrole nitrogens is 1. The molecule has 2 heterocycles. The van der Waals surface area contributed by atoms with E-state index in [0.29, 0.717) is 34.8 Å². The van der Waals surface area contributed by atoms with E-state index in [-0.39, 0.29) is 5.91 Å². The van der Waals surface area contributed by atoms with Crippen molar-refractivity contribution in [2.75, 3.05) is 12.4 Å². The van der Waals surface area contributed by atoms with Gasteiger partial charge in [-0.2, -0.15) is 0 Å². The molecule has 25 heavy (non-hydrogen) atoms. The first kappa shape index (κ1) is 15.1. The monoisotopic (exact) mass is 332 g/mol. The smallest absolute Gasteiger partial charge is 0.274 e. The molecule has 1 amide bonds. The number of likely N-dealkylation sites (N-methyl/N-ethyl adjacent to an activating group) is 1. The lowest BCUT2D eigenvalue weighted by molar-refractivity contribution is -0.114. The van der Waals surface area contributed by atoms with Gasteiger partial charge >= 0.3 is 0 Å². The van der Waals surface area contributed by atoms with E-state index in [4.69, 9.17) is 0 Å². The third-order valence-electron chi connectivity index (χ3n) is 4.30. The Balaban J connectivity index is 1.64. The topological polar surface area (TPSA) is 78.1 Å². The van der Waals surface area contributed by atoms with Crippen molar-refractivity contribution < 1.29 is 9.59 Å². The third kappa shape index (κ3) is 2.67. The number of nitrogens with zero attached hydrogens (tertiary/aromatic N) is 2. The molecule has 6 nitrogen and oxygen atoms in total. The fourth-order valence-corrected chi connectivity index (χ4v) is 3.04. The van der Waals surface area contributed by atoms with Gasteiger partial charge in [0, 0.05) is 19.2 Å². The predicted molar refractivity (Wildman–Crippen MR) is 96.0 cm³/mol. The number of carbonyl (C=O) groups excluding carboxylic acids is 2. The molecule has 0 saturated carbocycles. The molecular formula is C19H16N4O2. The minimum atomic E-state index is -0.247. The zero-order valence-corrected chi connectivity index (χ0v) is 13.6. The van der Waals surface area contributed by atoms with Crippen molar-refractivity contribution in [3.63, 3.8) is 0 Å². The number of carbonyl (C=O) groups is 2. The summed E-state index contributed by atoms with van der Waals surface area (Å²) in [7, 11) is 1.88. The van der Waals surface area contributed by atoms with Crippen LogP contribution in [-0.2, 0) is 11.3 Å². The Kier molecular flexibility index (Phi) is 3.57. The summed E-state index contributed by atoms with van der Waals surface area (Å²) >= 11 is 0. The molecule has 1 aliphatic rings. The SMILES string of the molecule is CN1Cc2ccccc2C=C1C(=O)Nc1nc2c(C=O)cccc2[nH]1. The van der Waals surface area contributed by atoms with E-state index in [0.717, 1.165) is 11.8 Å². The first-order valence-corrected chi connectivity index (χ1v) is 7.92. The molecule has 1 aliphatic heterocycles. The number of fused-ring (bicyclic) bond motifs is 2. The first-order chi connectivity index (χ1) is 12.2. The normalized spacial score (nSPS) is 13.3. The van der Waals surface area contributed by atoms with Crippen molar-refractivity contribution >= 4 is 35.3 Å². The number of imidazole rings is 1. The summed E-state index contributed by atoms with van der Waals surface area (Å²) in [5.41, 5.74) is 4.52. The zero-order chi connectivity index (χ0) is 17.4. The van der Waals surface area contributed by atoms with E-state index in [9.17, 15) is 9.59 Å². The highest BCUT2D eigenvalue weighted by molar-refractivity contribution is 6.06.